The predicted molar refractivity (Wildman–Crippen MR) is 68.8 cm³/mol. The monoisotopic (exact) mass is 250 g/mol. The van der Waals surface area contributed by atoms with Gasteiger partial charge in [-0.25, -0.2) is 4.98 Å². The molecular formula is C11H10N2OS2. The standard InChI is InChI=1S/C11H10N2OS2/c1-8-7-16-11(12-8)13-10(14)5-4-9-3-2-6-15-9/h2-7H,1H3,(H,12,13,14). The summed E-state index contributed by atoms with van der Waals surface area (Å²) in [5, 5.41) is 7.22. The molecular weight excluding hydrogens is 240 g/mol. The summed E-state index contributed by atoms with van der Waals surface area (Å²) in [6.07, 6.45) is 3.31. The van der Waals surface area contributed by atoms with E-state index in [0.29, 0.717) is 5.13 Å². The summed E-state index contributed by atoms with van der Waals surface area (Å²) < 4.78 is 0. The van der Waals surface area contributed by atoms with E-state index in [4.69, 9.17) is 0 Å². The normalized spacial score (nSPS) is 10.8. The van der Waals surface area contributed by atoms with Crippen LogP contribution in [0.2, 0.25) is 0 Å². The third-order valence-corrected chi connectivity index (χ3v) is 3.50. The Hall–Kier alpha value is -1.46. The van der Waals surface area contributed by atoms with E-state index in [1.807, 2.05) is 29.8 Å². The lowest BCUT2D eigenvalue weighted by atomic mass is 10.4. The van der Waals surface area contributed by atoms with Crippen molar-refractivity contribution in [2.24, 2.45) is 0 Å². The van der Waals surface area contributed by atoms with Crippen molar-refractivity contribution in [3.8, 4) is 0 Å². The zero-order chi connectivity index (χ0) is 11.4. The molecule has 2 rings (SSSR count). The molecule has 2 aromatic heterocycles. The van der Waals surface area contributed by atoms with Gasteiger partial charge in [0.15, 0.2) is 5.13 Å². The van der Waals surface area contributed by atoms with Crippen molar-refractivity contribution in [1.29, 1.82) is 0 Å². The number of anilines is 1. The molecule has 2 heterocycles. The molecule has 1 N–H and O–H groups in total. The lowest BCUT2D eigenvalue weighted by molar-refractivity contribution is -0.111. The van der Waals surface area contributed by atoms with Gasteiger partial charge in [0, 0.05) is 16.3 Å². The van der Waals surface area contributed by atoms with Crippen LogP contribution in [0.3, 0.4) is 0 Å². The van der Waals surface area contributed by atoms with Gasteiger partial charge in [-0.15, -0.1) is 22.7 Å². The summed E-state index contributed by atoms with van der Waals surface area (Å²) >= 11 is 3.02. The molecule has 16 heavy (non-hydrogen) atoms. The molecule has 3 nitrogen and oxygen atoms in total. The number of rotatable bonds is 3. The van der Waals surface area contributed by atoms with Gasteiger partial charge in [0.1, 0.15) is 0 Å². The number of hydrogen-bond acceptors (Lipinski definition) is 4. The van der Waals surface area contributed by atoms with Crippen LogP contribution >= 0.6 is 22.7 Å². The molecule has 0 saturated heterocycles. The van der Waals surface area contributed by atoms with Gasteiger partial charge in [-0.3, -0.25) is 10.1 Å². The second-order valence-corrected chi connectivity index (χ2v) is 4.97. The SMILES string of the molecule is Cc1csc(NC(=O)C=Cc2cccs2)n1. The van der Waals surface area contributed by atoms with Crippen molar-refractivity contribution < 1.29 is 4.79 Å². The van der Waals surface area contributed by atoms with Crippen LogP contribution in [0, 0.1) is 6.92 Å². The van der Waals surface area contributed by atoms with Crippen molar-refractivity contribution in [2.75, 3.05) is 5.32 Å². The summed E-state index contributed by atoms with van der Waals surface area (Å²) in [6.45, 7) is 1.90. The molecule has 1 amide bonds. The van der Waals surface area contributed by atoms with E-state index in [2.05, 4.69) is 10.3 Å². The Labute approximate surface area is 101 Å². The van der Waals surface area contributed by atoms with Crippen molar-refractivity contribution in [3.63, 3.8) is 0 Å². The van der Waals surface area contributed by atoms with Crippen LogP contribution in [-0.4, -0.2) is 10.9 Å². The quantitative estimate of drug-likeness (QED) is 0.850. The Morgan fingerprint density at radius 3 is 3.00 bits per heavy atom. The van der Waals surface area contributed by atoms with E-state index in [1.54, 1.807) is 17.4 Å². The molecule has 0 aliphatic carbocycles. The van der Waals surface area contributed by atoms with Gasteiger partial charge in [0.25, 0.3) is 0 Å². The molecule has 0 aliphatic heterocycles. The zero-order valence-corrected chi connectivity index (χ0v) is 10.3. The second-order valence-electron chi connectivity index (χ2n) is 3.13. The molecule has 0 radical (unpaired) electrons. The van der Waals surface area contributed by atoms with Crippen molar-refractivity contribution in [3.05, 3.63) is 39.5 Å². The smallest absolute Gasteiger partial charge is 0.250 e. The molecule has 0 aromatic carbocycles. The van der Waals surface area contributed by atoms with E-state index < -0.39 is 0 Å². The fourth-order valence-electron chi connectivity index (χ4n) is 1.10. The van der Waals surface area contributed by atoms with Crippen molar-refractivity contribution in [1.82, 2.24) is 4.98 Å². The number of amides is 1. The Morgan fingerprint density at radius 2 is 2.38 bits per heavy atom. The van der Waals surface area contributed by atoms with Crippen molar-refractivity contribution >= 4 is 39.8 Å². The van der Waals surface area contributed by atoms with E-state index in [0.717, 1.165) is 10.6 Å². The lowest BCUT2D eigenvalue weighted by Gasteiger charge is -1.94. The number of thiophene rings is 1. The number of carbonyl (C=O) groups is 1. The highest BCUT2D eigenvalue weighted by Crippen LogP contribution is 2.15. The minimum absolute atomic E-state index is 0.150. The van der Waals surface area contributed by atoms with E-state index in [1.165, 1.54) is 17.4 Å². The van der Waals surface area contributed by atoms with Crippen LogP contribution < -0.4 is 5.32 Å². The number of carbonyl (C=O) groups excluding carboxylic acids is 1. The van der Waals surface area contributed by atoms with Crippen LogP contribution in [0.5, 0.6) is 0 Å². The van der Waals surface area contributed by atoms with Crippen LogP contribution in [0.25, 0.3) is 6.08 Å². The highest BCUT2D eigenvalue weighted by molar-refractivity contribution is 7.14. The van der Waals surface area contributed by atoms with Crippen LogP contribution in [0.4, 0.5) is 5.13 Å². The van der Waals surface area contributed by atoms with Gasteiger partial charge >= 0.3 is 0 Å². The summed E-state index contributed by atoms with van der Waals surface area (Å²) in [5.74, 6) is -0.150. The first-order valence-corrected chi connectivity index (χ1v) is 6.44. The first kappa shape index (κ1) is 11.0. The highest BCUT2D eigenvalue weighted by Gasteiger charge is 2.01. The molecule has 2 aromatic rings. The second kappa shape index (κ2) is 5.05. The summed E-state index contributed by atoms with van der Waals surface area (Å²) in [7, 11) is 0. The Morgan fingerprint density at radius 1 is 1.50 bits per heavy atom. The minimum Gasteiger partial charge on any atom is -0.298 e. The third-order valence-electron chi connectivity index (χ3n) is 1.79. The summed E-state index contributed by atoms with van der Waals surface area (Å²) in [6, 6.07) is 3.91. The van der Waals surface area contributed by atoms with Crippen LogP contribution in [0.1, 0.15) is 10.6 Å². The first-order valence-electron chi connectivity index (χ1n) is 4.69. The highest BCUT2D eigenvalue weighted by atomic mass is 32.1. The fourth-order valence-corrected chi connectivity index (χ4v) is 2.41. The maximum Gasteiger partial charge on any atom is 0.250 e. The Balaban J connectivity index is 1.94. The van der Waals surface area contributed by atoms with Crippen LogP contribution in [-0.2, 0) is 4.79 Å². The van der Waals surface area contributed by atoms with Gasteiger partial charge in [0.05, 0.1) is 5.69 Å². The molecule has 0 bridgehead atoms. The number of nitrogens with zero attached hydrogens (tertiary/aromatic N) is 1. The molecule has 0 unspecified atom stereocenters. The van der Waals surface area contributed by atoms with E-state index in [-0.39, 0.29) is 5.91 Å². The average molecular weight is 250 g/mol. The number of nitrogens with one attached hydrogen (secondary N) is 1. The number of thiazole rings is 1. The third kappa shape index (κ3) is 3.01. The zero-order valence-electron chi connectivity index (χ0n) is 8.64. The first-order chi connectivity index (χ1) is 7.74. The topological polar surface area (TPSA) is 42.0 Å². The maximum absolute atomic E-state index is 11.5. The average Bonchev–Trinajstić information content (AvgIpc) is 2.87. The van der Waals surface area contributed by atoms with Gasteiger partial charge in [0.2, 0.25) is 5.91 Å². The van der Waals surface area contributed by atoms with Gasteiger partial charge in [-0.1, -0.05) is 6.07 Å². The molecule has 82 valence electrons. The van der Waals surface area contributed by atoms with Crippen molar-refractivity contribution in [2.45, 2.75) is 6.92 Å². The Kier molecular flexibility index (Phi) is 3.48. The largest absolute Gasteiger partial charge is 0.298 e. The maximum atomic E-state index is 11.5. The molecule has 0 atom stereocenters. The van der Waals surface area contributed by atoms with E-state index in [9.17, 15) is 4.79 Å². The predicted octanol–water partition coefficient (Wildman–Crippen LogP) is 3.16. The molecule has 5 heteroatoms. The Bertz CT molecular complexity index is 500. The fraction of sp³-hybridized carbons (Fsp3) is 0.0909. The number of aromatic nitrogens is 1. The molecule has 0 saturated carbocycles. The van der Waals surface area contributed by atoms with Gasteiger partial charge in [-0.05, 0) is 24.4 Å². The molecule has 0 spiro atoms. The van der Waals surface area contributed by atoms with Crippen LogP contribution in [0.15, 0.2) is 29.0 Å². The number of aryl methyl sites for hydroxylation is 1. The molecule has 0 aliphatic rings. The van der Waals surface area contributed by atoms with E-state index >= 15 is 0 Å². The summed E-state index contributed by atoms with van der Waals surface area (Å²) in [5.41, 5.74) is 0.919. The summed E-state index contributed by atoms with van der Waals surface area (Å²) in [4.78, 5) is 16.7. The lowest BCUT2D eigenvalue weighted by Crippen LogP contribution is -2.07. The minimum atomic E-state index is -0.150. The van der Waals surface area contributed by atoms with Gasteiger partial charge in [-0.2, -0.15) is 0 Å². The molecule has 0 fully saturated rings. The van der Waals surface area contributed by atoms with Gasteiger partial charge < -0.3 is 0 Å². The number of hydrogen-bond donors (Lipinski definition) is 1.